The van der Waals surface area contributed by atoms with Crippen LogP contribution in [0.5, 0.6) is 5.75 Å². The summed E-state index contributed by atoms with van der Waals surface area (Å²) in [6.07, 6.45) is 3.86. The Hall–Kier alpha value is -1.84. The molecule has 0 aliphatic rings. The molecule has 0 radical (unpaired) electrons. The summed E-state index contributed by atoms with van der Waals surface area (Å²) >= 11 is 0. The summed E-state index contributed by atoms with van der Waals surface area (Å²) in [4.78, 5) is 11.2. The number of benzene rings is 1. The van der Waals surface area contributed by atoms with E-state index in [9.17, 15) is 9.90 Å². The monoisotopic (exact) mass is 220 g/mol. The first-order chi connectivity index (χ1) is 7.72. The molecular formula is C12H16N2O2. The molecule has 4 heteroatoms. The van der Waals surface area contributed by atoms with Crippen LogP contribution in [-0.4, -0.2) is 17.2 Å². The lowest BCUT2D eigenvalue weighted by molar-refractivity contribution is -0.121. The molecule has 1 rings (SSSR count). The van der Waals surface area contributed by atoms with Crippen molar-refractivity contribution in [1.29, 1.82) is 0 Å². The van der Waals surface area contributed by atoms with E-state index in [0.29, 0.717) is 6.42 Å². The van der Waals surface area contributed by atoms with Gasteiger partial charge in [-0.1, -0.05) is 25.5 Å². The number of nitrogens with zero attached hydrogens (tertiary/aromatic N) is 1. The Bertz CT molecular complexity index is 375. The summed E-state index contributed by atoms with van der Waals surface area (Å²) in [5, 5.41) is 13.0. The third kappa shape index (κ3) is 4.59. The molecule has 0 heterocycles. The fourth-order valence-electron chi connectivity index (χ4n) is 1.18. The first-order valence-electron chi connectivity index (χ1n) is 5.33. The van der Waals surface area contributed by atoms with E-state index in [1.54, 1.807) is 24.3 Å². The van der Waals surface area contributed by atoms with Gasteiger partial charge in [0.15, 0.2) is 0 Å². The smallest absolute Gasteiger partial charge is 0.240 e. The Kier molecular flexibility index (Phi) is 5.05. The second kappa shape index (κ2) is 6.61. The zero-order chi connectivity index (χ0) is 11.8. The molecule has 0 saturated carbocycles. The van der Waals surface area contributed by atoms with Gasteiger partial charge in [0.1, 0.15) is 5.75 Å². The molecule has 0 atom stereocenters. The fourth-order valence-corrected chi connectivity index (χ4v) is 1.18. The van der Waals surface area contributed by atoms with Crippen molar-refractivity contribution in [3.8, 4) is 5.75 Å². The summed E-state index contributed by atoms with van der Waals surface area (Å²) in [5.41, 5.74) is 3.18. The van der Waals surface area contributed by atoms with Crippen molar-refractivity contribution < 1.29 is 9.90 Å². The van der Waals surface area contributed by atoms with Crippen molar-refractivity contribution in [2.24, 2.45) is 5.10 Å². The molecule has 4 nitrogen and oxygen atoms in total. The molecule has 2 N–H and O–H groups in total. The normalized spacial score (nSPS) is 10.6. The van der Waals surface area contributed by atoms with Crippen LogP contribution in [-0.2, 0) is 4.79 Å². The van der Waals surface area contributed by atoms with Gasteiger partial charge in [-0.05, 0) is 24.1 Å². The number of carbonyl (C=O) groups excluding carboxylic acids is 1. The predicted molar refractivity (Wildman–Crippen MR) is 63.4 cm³/mol. The Morgan fingerprint density at radius 3 is 3.06 bits per heavy atom. The molecule has 0 fully saturated rings. The van der Waals surface area contributed by atoms with Crippen molar-refractivity contribution >= 4 is 12.1 Å². The number of nitrogens with one attached hydrogen (secondary N) is 1. The van der Waals surface area contributed by atoms with Crippen molar-refractivity contribution in [3.63, 3.8) is 0 Å². The molecule has 86 valence electrons. The van der Waals surface area contributed by atoms with Gasteiger partial charge < -0.3 is 5.11 Å². The zero-order valence-electron chi connectivity index (χ0n) is 9.31. The lowest BCUT2D eigenvalue weighted by atomic mass is 10.2. The summed E-state index contributed by atoms with van der Waals surface area (Å²) in [6.45, 7) is 2.03. The van der Waals surface area contributed by atoms with E-state index in [4.69, 9.17) is 0 Å². The summed E-state index contributed by atoms with van der Waals surface area (Å²) < 4.78 is 0. The van der Waals surface area contributed by atoms with E-state index in [-0.39, 0.29) is 11.7 Å². The lowest BCUT2D eigenvalue weighted by Crippen LogP contribution is -2.16. The molecule has 0 saturated heterocycles. The van der Waals surface area contributed by atoms with Gasteiger partial charge in [-0.15, -0.1) is 0 Å². The zero-order valence-corrected chi connectivity index (χ0v) is 9.31. The van der Waals surface area contributed by atoms with Gasteiger partial charge in [-0.3, -0.25) is 4.79 Å². The van der Waals surface area contributed by atoms with Crippen LogP contribution >= 0.6 is 0 Å². The third-order valence-electron chi connectivity index (χ3n) is 2.03. The Labute approximate surface area is 95.0 Å². The van der Waals surface area contributed by atoms with Crippen LogP contribution in [0.25, 0.3) is 0 Å². The van der Waals surface area contributed by atoms with E-state index in [2.05, 4.69) is 10.5 Å². The number of hydrogen-bond donors (Lipinski definition) is 2. The summed E-state index contributed by atoms with van der Waals surface area (Å²) in [6, 6.07) is 6.66. The van der Waals surface area contributed by atoms with E-state index >= 15 is 0 Å². The second-order valence-corrected chi connectivity index (χ2v) is 3.49. The van der Waals surface area contributed by atoms with Crippen molar-refractivity contribution in [3.05, 3.63) is 29.8 Å². The van der Waals surface area contributed by atoms with Crippen molar-refractivity contribution in [2.75, 3.05) is 0 Å². The van der Waals surface area contributed by atoms with Crippen molar-refractivity contribution in [2.45, 2.75) is 26.2 Å². The molecule has 1 aromatic carbocycles. The molecule has 0 aliphatic carbocycles. The van der Waals surface area contributed by atoms with Crippen LogP contribution in [0.2, 0.25) is 0 Å². The molecule has 1 amide bonds. The molecule has 0 spiro atoms. The number of carbonyl (C=O) groups is 1. The first kappa shape index (κ1) is 12.2. The van der Waals surface area contributed by atoms with E-state index < -0.39 is 0 Å². The largest absolute Gasteiger partial charge is 0.508 e. The number of hydrazone groups is 1. The van der Waals surface area contributed by atoms with E-state index in [0.717, 1.165) is 18.4 Å². The summed E-state index contributed by atoms with van der Waals surface area (Å²) in [5.74, 6) is 0.0968. The van der Waals surface area contributed by atoms with Gasteiger partial charge in [0, 0.05) is 6.42 Å². The van der Waals surface area contributed by atoms with Gasteiger partial charge >= 0.3 is 0 Å². The van der Waals surface area contributed by atoms with Crippen LogP contribution in [0.1, 0.15) is 31.7 Å². The molecule has 16 heavy (non-hydrogen) atoms. The van der Waals surface area contributed by atoms with Crippen molar-refractivity contribution in [1.82, 2.24) is 5.43 Å². The molecule has 0 aromatic heterocycles. The van der Waals surface area contributed by atoms with Gasteiger partial charge in [0.05, 0.1) is 6.21 Å². The average Bonchev–Trinajstić information content (AvgIpc) is 2.26. The molecule has 0 aliphatic heterocycles. The number of phenols is 1. The number of aromatic hydroxyl groups is 1. The molecule has 0 bridgehead atoms. The van der Waals surface area contributed by atoms with Gasteiger partial charge in [-0.25, -0.2) is 5.43 Å². The fraction of sp³-hybridized carbons (Fsp3) is 0.333. The highest BCUT2D eigenvalue weighted by Crippen LogP contribution is 2.08. The number of hydrogen-bond acceptors (Lipinski definition) is 3. The Morgan fingerprint density at radius 2 is 2.38 bits per heavy atom. The third-order valence-corrected chi connectivity index (χ3v) is 2.03. The Balaban J connectivity index is 2.40. The topological polar surface area (TPSA) is 61.7 Å². The standard InChI is InChI=1S/C12H16N2O2/c1-2-3-7-12(16)14-13-9-10-5-4-6-11(15)8-10/h4-6,8-9,15H,2-3,7H2,1H3,(H,14,16). The van der Waals surface area contributed by atoms with Crippen LogP contribution < -0.4 is 5.43 Å². The van der Waals surface area contributed by atoms with E-state index in [1.807, 2.05) is 6.92 Å². The quantitative estimate of drug-likeness (QED) is 0.589. The number of unbranched alkanes of at least 4 members (excludes halogenated alkanes) is 1. The minimum absolute atomic E-state index is 0.0850. The molecule has 1 aromatic rings. The summed E-state index contributed by atoms with van der Waals surface area (Å²) in [7, 11) is 0. The van der Waals surface area contributed by atoms with Gasteiger partial charge in [0.25, 0.3) is 0 Å². The highest BCUT2D eigenvalue weighted by Gasteiger charge is 1.96. The second-order valence-electron chi connectivity index (χ2n) is 3.49. The average molecular weight is 220 g/mol. The first-order valence-corrected chi connectivity index (χ1v) is 5.33. The van der Waals surface area contributed by atoms with Crippen LogP contribution in [0.4, 0.5) is 0 Å². The highest BCUT2D eigenvalue weighted by atomic mass is 16.3. The number of rotatable bonds is 5. The lowest BCUT2D eigenvalue weighted by Gasteiger charge is -1.98. The number of amides is 1. The minimum Gasteiger partial charge on any atom is -0.508 e. The van der Waals surface area contributed by atoms with Crippen LogP contribution in [0, 0.1) is 0 Å². The Morgan fingerprint density at radius 1 is 1.56 bits per heavy atom. The maximum absolute atomic E-state index is 11.2. The van der Waals surface area contributed by atoms with Gasteiger partial charge in [0.2, 0.25) is 5.91 Å². The predicted octanol–water partition coefficient (Wildman–Crippen LogP) is 2.03. The van der Waals surface area contributed by atoms with Crippen LogP contribution in [0.3, 0.4) is 0 Å². The molecule has 0 unspecified atom stereocenters. The van der Waals surface area contributed by atoms with Gasteiger partial charge in [-0.2, -0.15) is 5.10 Å². The number of phenolic OH excluding ortho intramolecular Hbond substituents is 1. The maximum atomic E-state index is 11.2. The minimum atomic E-state index is -0.0850. The SMILES string of the molecule is CCCCC(=O)NN=Cc1cccc(O)c1. The maximum Gasteiger partial charge on any atom is 0.240 e. The van der Waals surface area contributed by atoms with E-state index in [1.165, 1.54) is 6.21 Å². The molecular weight excluding hydrogens is 204 g/mol. The van der Waals surface area contributed by atoms with Crippen LogP contribution in [0.15, 0.2) is 29.4 Å². The highest BCUT2D eigenvalue weighted by molar-refractivity contribution is 5.82.